The minimum Gasteiger partial charge on any atom is -0.481 e. The van der Waals surface area contributed by atoms with Crippen LogP contribution in [0.5, 0.6) is 0 Å². The third-order valence-corrected chi connectivity index (χ3v) is 6.01. The lowest BCUT2D eigenvalue weighted by Crippen LogP contribution is -2.42. The number of aliphatic carboxylic acids is 1. The zero-order chi connectivity index (χ0) is 22.0. The second-order valence-corrected chi connectivity index (χ2v) is 8.34. The lowest BCUT2D eigenvalue weighted by Gasteiger charge is -2.31. The number of alkyl carbamates (subject to hydrolysis) is 1. The maximum atomic E-state index is 12.8. The van der Waals surface area contributed by atoms with Gasteiger partial charge in [0, 0.05) is 5.92 Å². The molecule has 3 aromatic carbocycles. The molecule has 0 fully saturated rings. The number of ether oxygens (including phenoxy) is 1. The van der Waals surface area contributed by atoms with Crippen molar-refractivity contribution in [1.29, 1.82) is 0 Å². The second kappa shape index (κ2) is 8.26. The number of benzene rings is 3. The fourth-order valence-electron chi connectivity index (χ4n) is 4.21. The van der Waals surface area contributed by atoms with E-state index in [2.05, 4.69) is 29.6 Å². The number of carbonyl (C=O) groups is 2. The molecule has 2 N–H and O–H groups in total. The van der Waals surface area contributed by atoms with Crippen LogP contribution in [0.1, 0.15) is 42.5 Å². The van der Waals surface area contributed by atoms with Gasteiger partial charge in [0.15, 0.2) is 0 Å². The van der Waals surface area contributed by atoms with E-state index in [0.29, 0.717) is 5.56 Å². The van der Waals surface area contributed by atoms with Gasteiger partial charge >= 0.3 is 12.1 Å². The summed E-state index contributed by atoms with van der Waals surface area (Å²) in [7, 11) is 0. The van der Waals surface area contributed by atoms with E-state index in [0.717, 1.165) is 22.3 Å². The zero-order valence-electron chi connectivity index (χ0n) is 17.5. The van der Waals surface area contributed by atoms with Crippen molar-refractivity contribution in [1.82, 2.24) is 5.32 Å². The SMILES string of the molecule is CC(C)(C(=O)O)C(NC(=O)OCC1c2ccccc2-c2ccccc21)c1ccccc1. The number of hydrogen-bond donors (Lipinski definition) is 2. The van der Waals surface area contributed by atoms with Crippen LogP contribution in [0.2, 0.25) is 0 Å². The first-order valence-electron chi connectivity index (χ1n) is 10.3. The molecule has 0 heterocycles. The average Bonchev–Trinajstić information content (AvgIpc) is 3.10. The van der Waals surface area contributed by atoms with E-state index >= 15 is 0 Å². The molecule has 0 saturated heterocycles. The molecule has 0 radical (unpaired) electrons. The minimum atomic E-state index is -1.22. The molecule has 1 amide bonds. The Morgan fingerprint density at radius 3 is 1.97 bits per heavy atom. The Morgan fingerprint density at radius 1 is 0.903 bits per heavy atom. The maximum Gasteiger partial charge on any atom is 0.407 e. The molecule has 3 aromatic rings. The molecular weight excluding hydrogens is 390 g/mol. The molecule has 1 aliphatic rings. The number of nitrogens with one attached hydrogen (secondary N) is 1. The summed E-state index contributed by atoms with van der Waals surface area (Å²) in [6, 6.07) is 24.6. The van der Waals surface area contributed by atoms with E-state index in [1.807, 2.05) is 42.5 Å². The van der Waals surface area contributed by atoms with Crippen molar-refractivity contribution in [3.8, 4) is 11.1 Å². The Balaban J connectivity index is 1.53. The Bertz CT molecular complexity index is 1060. The standard InChI is InChI=1S/C26H25NO4/c1-26(2,24(28)29)23(17-10-4-3-5-11-17)27-25(30)31-16-22-20-14-8-6-12-18(20)19-13-7-9-15-21(19)22/h3-15,22-23H,16H2,1-2H3,(H,27,30)(H,28,29). The molecule has 4 rings (SSSR count). The summed E-state index contributed by atoms with van der Waals surface area (Å²) in [6.07, 6.45) is -0.634. The van der Waals surface area contributed by atoms with Crippen molar-refractivity contribution >= 4 is 12.1 Å². The lowest BCUT2D eigenvalue weighted by molar-refractivity contribution is -0.148. The van der Waals surface area contributed by atoms with E-state index < -0.39 is 23.5 Å². The number of carboxylic acid groups (broad SMARTS) is 1. The average molecular weight is 415 g/mol. The second-order valence-electron chi connectivity index (χ2n) is 8.34. The fraction of sp³-hybridized carbons (Fsp3) is 0.231. The molecule has 0 saturated carbocycles. The summed E-state index contributed by atoms with van der Waals surface area (Å²) in [5.41, 5.74) is 4.06. The molecule has 1 unspecified atom stereocenters. The molecule has 1 atom stereocenters. The van der Waals surface area contributed by atoms with Crippen LogP contribution in [0, 0.1) is 5.41 Å². The van der Waals surface area contributed by atoms with Gasteiger partial charge in [0.1, 0.15) is 6.61 Å². The first kappa shape index (κ1) is 20.7. The van der Waals surface area contributed by atoms with Gasteiger partial charge in [-0.2, -0.15) is 0 Å². The van der Waals surface area contributed by atoms with Crippen LogP contribution >= 0.6 is 0 Å². The highest BCUT2D eigenvalue weighted by molar-refractivity contribution is 5.79. The van der Waals surface area contributed by atoms with Crippen LogP contribution < -0.4 is 5.32 Å². The van der Waals surface area contributed by atoms with Crippen LogP contribution in [0.15, 0.2) is 78.9 Å². The number of fused-ring (bicyclic) bond motifs is 3. The third-order valence-electron chi connectivity index (χ3n) is 6.01. The molecule has 31 heavy (non-hydrogen) atoms. The zero-order valence-corrected chi connectivity index (χ0v) is 17.5. The van der Waals surface area contributed by atoms with E-state index in [4.69, 9.17) is 4.74 Å². The predicted molar refractivity (Wildman–Crippen MR) is 119 cm³/mol. The van der Waals surface area contributed by atoms with Gasteiger partial charge in [-0.3, -0.25) is 4.79 Å². The number of carbonyl (C=O) groups excluding carboxylic acids is 1. The number of carboxylic acids is 1. The fourth-order valence-corrected chi connectivity index (χ4v) is 4.21. The molecule has 5 heteroatoms. The van der Waals surface area contributed by atoms with Crippen molar-refractivity contribution in [2.75, 3.05) is 6.61 Å². The highest BCUT2D eigenvalue weighted by Crippen LogP contribution is 2.44. The van der Waals surface area contributed by atoms with Crippen LogP contribution in [-0.4, -0.2) is 23.8 Å². The Hall–Kier alpha value is -3.60. The molecule has 1 aliphatic carbocycles. The van der Waals surface area contributed by atoms with Crippen LogP contribution in [0.4, 0.5) is 4.79 Å². The van der Waals surface area contributed by atoms with Crippen LogP contribution in [0.3, 0.4) is 0 Å². The van der Waals surface area contributed by atoms with E-state index in [9.17, 15) is 14.7 Å². The van der Waals surface area contributed by atoms with Crippen molar-refractivity contribution in [2.24, 2.45) is 5.41 Å². The molecular formula is C26H25NO4. The monoisotopic (exact) mass is 415 g/mol. The Labute approximate surface area is 181 Å². The topological polar surface area (TPSA) is 75.6 Å². The van der Waals surface area contributed by atoms with Crippen LogP contribution in [0.25, 0.3) is 11.1 Å². The quantitative estimate of drug-likeness (QED) is 0.567. The van der Waals surface area contributed by atoms with Crippen LogP contribution in [-0.2, 0) is 9.53 Å². The third kappa shape index (κ3) is 3.91. The maximum absolute atomic E-state index is 12.8. The highest BCUT2D eigenvalue weighted by Gasteiger charge is 2.39. The normalized spacial score (nSPS) is 13.7. The molecule has 0 aliphatic heterocycles. The van der Waals surface area contributed by atoms with Gasteiger partial charge in [0.05, 0.1) is 11.5 Å². The summed E-state index contributed by atoms with van der Waals surface area (Å²) < 4.78 is 5.62. The summed E-state index contributed by atoms with van der Waals surface area (Å²) in [5, 5.41) is 12.5. The van der Waals surface area contributed by atoms with Gasteiger partial charge in [-0.05, 0) is 41.7 Å². The Kier molecular flexibility index (Phi) is 5.51. The van der Waals surface area contributed by atoms with E-state index in [-0.39, 0.29) is 12.5 Å². The van der Waals surface area contributed by atoms with Gasteiger partial charge in [-0.15, -0.1) is 0 Å². The first-order valence-corrected chi connectivity index (χ1v) is 10.3. The van der Waals surface area contributed by atoms with Crippen molar-refractivity contribution < 1.29 is 19.4 Å². The largest absolute Gasteiger partial charge is 0.481 e. The Morgan fingerprint density at radius 2 is 1.42 bits per heavy atom. The van der Waals surface area contributed by atoms with Gasteiger partial charge in [0.2, 0.25) is 0 Å². The first-order chi connectivity index (χ1) is 14.9. The summed E-state index contributed by atoms with van der Waals surface area (Å²) in [4.78, 5) is 24.6. The molecule has 0 aromatic heterocycles. The van der Waals surface area contributed by atoms with Crippen molar-refractivity contribution in [3.05, 3.63) is 95.6 Å². The number of hydrogen-bond acceptors (Lipinski definition) is 3. The minimum absolute atomic E-state index is 0.0548. The predicted octanol–water partition coefficient (Wildman–Crippen LogP) is 5.38. The lowest BCUT2D eigenvalue weighted by atomic mass is 9.80. The summed E-state index contributed by atoms with van der Waals surface area (Å²) >= 11 is 0. The molecule has 0 bridgehead atoms. The highest BCUT2D eigenvalue weighted by atomic mass is 16.5. The van der Waals surface area contributed by atoms with E-state index in [1.165, 1.54) is 0 Å². The van der Waals surface area contributed by atoms with Crippen molar-refractivity contribution in [2.45, 2.75) is 25.8 Å². The molecule has 0 spiro atoms. The summed E-state index contributed by atoms with van der Waals surface area (Å²) in [6.45, 7) is 3.36. The van der Waals surface area contributed by atoms with Crippen molar-refractivity contribution in [3.63, 3.8) is 0 Å². The van der Waals surface area contributed by atoms with Gasteiger partial charge < -0.3 is 15.2 Å². The number of amides is 1. The van der Waals surface area contributed by atoms with Gasteiger partial charge in [0.25, 0.3) is 0 Å². The molecule has 5 nitrogen and oxygen atoms in total. The summed E-state index contributed by atoms with van der Waals surface area (Å²) in [5.74, 6) is -1.05. The van der Waals surface area contributed by atoms with Gasteiger partial charge in [-0.1, -0.05) is 78.9 Å². The molecule has 158 valence electrons. The smallest absolute Gasteiger partial charge is 0.407 e. The van der Waals surface area contributed by atoms with Gasteiger partial charge in [-0.25, -0.2) is 4.79 Å². The number of rotatable bonds is 6. The van der Waals surface area contributed by atoms with E-state index in [1.54, 1.807) is 26.0 Å².